The molecular formula is C23H21FN2O7S. The van der Waals surface area contributed by atoms with Gasteiger partial charge in [0.15, 0.2) is 11.5 Å². The third kappa shape index (κ3) is 5.56. The molecule has 0 radical (unpaired) electrons. The van der Waals surface area contributed by atoms with E-state index >= 15 is 0 Å². The Kier molecular flexibility index (Phi) is 6.85. The van der Waals surface area contributed by atoms with Crippen LogP contribution < -0.4 is 24.2 Å². The van der Waals surface area contributed by atoms with E-state index in [2.05, 4.69) is 10.0 Å². The van der Waals surface area contributed by atoms with Crippen molar-refractivity contribution in [3.63, 3.8) is 0 Å². The molecule has 0 aromatic heterocycles. The Bertz CT molecular complexity index is 1280. The zero-order chi connectivity index (χ0) is 24.1. The standard InChI is InChI=1S/C23H21FN2O7S/c24-15-5-8-18(9-6-15)34(29,30)26-20-4-2-1-3-19(20)23(28)25-12-16(27)13-31-17-7-10-21-22(11-17)33-14-32-21/h1-11,16,26-27H,12-14H2,(H,25,28). The number of hydrogen-bond donors (Lipinski definition) is 3. The summed E-state index contributed by atoms with van der Waals surface area (Å²) in [6.45, 7) is -0.101. The van der Waals surface area contributed by atoms with E-state index in [0.29, 0.717) is 17.2 Å². The van der Waals surface area contributed by atoms with E-state index < -0.39 is 27.9 Å². The van der Waals surface area contributed by atoms with Crippen LogP contribution in [0.4, 0.5) is 10.1 Å². The van der Waals surface area contributed by atoms with Crippen LogP contribution in [0.2, 0.25) is 0 Å². The number of ether oxygens (including phenoxy) is 3. The molecule has 11 heteroatoms. The lowest BCUT2D eigenvalue weighted by molar-refractivity contribution is 0.0844. The number of carbonyl (C=O) groups is 1. The molecule has 3 N–H and O–H groups in total. The van der Waals surface area contributed by atoms with Gasteiger partial charge in [-0.2, -0.15) is 0 Å². The molecule has 3 aromatic rings. The quantitative estimate of drug-likeness (QED) is 0.423. The van der Waals surface area contributed by atoms with Crippen molar-refractivity contribution < 1.29 is 36.9 Å². The predicted octanol–water partition coefficient (Wildman–Crippen LogP) is 2.52. The van der Waals surface area contributed by atoms with Crippen LogP contribution in [0, 0.1) is 5.82 Å². The zero-order valence-electron chi connectivity index (χ0n) is 17.7. The van der Waals surface area contributed by atoms with Gasteiger partial charge in [0.25, 0.3) is 15.9 Å². The molecule has 0 spiro atoms. The van der Waals surface area contributed by atoms with Crippen LogP contribution in [0.5, 0.6) is 17.2 Å². The van der Waals surface area contributed by atoms with Gasteiger partial charge in [0.05, 0.1) is 16.1 Å². The third-order valence-electron chi connectivity index (χ3n) is 4.82. The number of amides is 1. The second-order valence-electron chi connectivity index (χ2n) is 7.29. The molecule has 1 amide bonds. The number of hydrogen-bond acceptors (Lipinski definition) is 7. The molecule has 4 rings (SSSR count). The van der Waals surface area contributed by atoms with Crippen molar-refractivity contribution in [3.8, 4) is 17.2 Å². The molecular weight excluding hydrogens is 467 g/mol. The van der Waals surface area contributed by atoms with Crippen molar-refractivity contribution in [2.24, 2.45) is 0 Å². The molecule has 1 unspecified atom stereocenters. The van der Waals surface area contributed by atoms with Crippen LogP contribution in [-0.4, -0.2) is 45.5 Å². The lowest BCUT2D eigenvalue weighted by atomic mass is 10.1. The van der Waals surface area contributed by atoms with E-state index in [-0.39, 0.29) is 36.1 Å². The van der Waals surface area contributed by atoms with Gasteiger partial charge in [-0.25, -0.2) is 12.8 Å². The van der Waals surface area contributed by atoms with E-state index in [0.717, 1.165) is 24.3 Å². The van der Waals surface area contributed by atoms with Crippen LogP contribution >= 0.6 is 0 Å². The monoisotopic (exact) mass is 488 g/mol. The number of benzene rings is 3. The average molecular weight is 488 g/mol. The molecule has 34 heavy (non-hydrogen) atoms. The molecule has 1 heterocycles. The second-order valence-corrected chi connectivity index (χ2v) is 8.98. The summed E-state index contributed by atoms with van der Waals surface area (Å²) in [4.78, 5) is 12.5. The Labute approximate surface area is 195 Å². The minimum atomic E-state index is -4.05. The summed E-state index contributed by atoms with van der Waals surface area (Å²) in [5.41, 5.74) is 0.0903. The highest BCUT2D eigenvalue weighted by Gasteiger charge is 2.20. The maximum atomic E-state index is 13.1. The largest absolute Gasteiger partial charge is 0.491 e. The van der Waals surface area contributed by atoms with Gasteiger partial charge in [0.1, 0.15) is 24.3 Å². The first-order valence-electron chi connectivity index (χ1n) is 10.2. The normalized spacial score (nSPS) is 13.2. The Morgan fingerprint density at radius 1 is 1.06 bits per heavy atom. The van der Waals surface area contributed by atoms with Crippen LogP contribution in [0.15, 0.2) is 71.6 Å². The molecule has 1 aliphatic heterocycles. The first kappa shape index (κ1) is 23.3. The molecule has 178 valence electrons. The van der Waals surface area contributed by atoms with Gasteiger partial charge in [0, 0.05) is 12.6 Å². The van der Waals surface area contributed by atoms with Gasteiger partial charge in [0.2, 0.25) is 6.79 Å². The Morgan fingerprint density at radius 2 is 1.79 bits per heavy atom. The van der Waals surface area contributed by atoms with E-state index in [1.165, 1.54) is 12.1 Å². The topological polar surface area (TPSA) is 123 Å². The maximum Gasteiger partial charge on any atom is 0.261 e. The number of sulfonamides is 1. The highest BCUT2D eigenvalue weighted by molar-refractivity contribution is 7.92. The minimum absolute atomic E-state index is 0.0374. The molecule has 9 nitrogen and oxygen atoms in total. The fourth-order valence-electron chi connectivity index (χ4n) is 3.11. The number of para-hydroxylation sites is 1. The van der Waals surface area contributed by atoms with Gasteiger partial charge in [-0.3, -0.25) is 9.52 Å². The van der Waals surface area contributed by atoms with Crippen LogP contribution in [0.1, 0.15) is 10.4 Å². The van der Waals surface area contributed by atoms with E-state index in [4.69, 9.17) is 14.2 Å². The Morgan fingerprint density at radius 3 is 2.59 bits per heavy atom. The number of halogens is 1. The van der Waals surface area contributed by atoms with Crippen molar-refractivity contribution in [1.29, 1.82) is 0 Å². The smallest absolute Gasteiger partial charge is 0.261 e. The summed E-state index contributed by atoms with van der Waals surface area (Å²) < 4.78 is 56.7. The lowest BCUT2D eigenvalue weighted by Crippen LogP contribution is -2.35. The maximum absolute atomic E-state index is 13.1. The van der Waals surface area contributed by atoms with Gasteiger partial charge in [-0.1, -0.05) is 12.1 Å². The summed E-state index contributed by atoms with van der Waals surface area (Å²) >= 11 is 0. The van der Waals surface area contributed by atoms with Gasteiger partial charge >= 0.3 is 0 Å². The summed E-state index contributed by atoms with van der Waals surface area (Å²) in [7, 11) is -4.05. The number of aliphatic hydroxyl groups excluding tert-OH is 1. The van der Waals surface area contributed by atoms with Crippen molar-refractivity contribution in [3.05, 3.63) is 78.1 Å². The van der Waals surface area contributed by atoms with E-state index in [1.807, 2.05) is 0 Å². The number of carbonyl (C=O) groups excluding carboxylic acids is 1. The number of fused-ring (bicyclic) bond motifs is 1. The second kappa shape index (κ2) is 9.98. The first-order chi connectivity index (χ1) is 16.3. The van der Waals surface area contributed by atoms with Gasteiger partial charge in [-0.15, -0.1) is 0 Å². The predicted molar refractivity (Wildman–Crippen MR) is 120 cm³/mol. The van der Waals surface area contributed by atoms with Crippen LogP contribution in [0.3, 0.4) is 0 Å². The lowest BCUT2D eigenvalue weighted by Gasteiger charge is -2.15. The average Bonchev–Trinajstić information content (AvgIpc) is 3.29. The Hall–Kier alpha value is -3.83. The van der Waals surface area contributed by atoms with Crippen molar-refractivity contribution in [2.75, 3.05) is 24.7 Å². The number of nitrogens with one attached hydrogen (secondary N) is 2. The van der Waals surface area contributed by atoms with Crippen molar-refractivity contribution in [1.82, 2.24) is 5.32 Å². The van der Waals surface area contributed by atoms with Gasteiger partial charge in [-0.05, 0) is 48.5 Å². The summed E-state index contributed by atoms with van der Waals surface area (Å²) in [6, 6.07) is 15.3. The van der Waals surface area contributed by atoms with Crippen molar-refractivity contribution >= 4 is 21.6 Å². The number of aliphatic hydroxyl groups is 1. The van der Waals surface area contributed by atoms with E-state index in [9.17, 15) is 22.7 Å². The third-order valence-corrected chi connectivity index (χ3v) is 6.21. The molecule has 1 atom stereocenters. The molecule has 0 saturated heterocycles. The zero-order valence-corrected chi connectivity index (χ0v) is 18.5. The molecule has 1 aliphatic rings. The fraction of sp³-hybridized carbons (Fsp3) is 0.174. The van der Waals surface area contributed by atoms with Gasteiger partial charge < -0.3 is 24.6 Å². The number of rotatable bonds is 9. The molecule has 0 fully saturated rings. The Balaban J connectivity index is 1.34. The molecule has 0 aliphatic carbocycles. The first-order valence-corrected chi connectivity index (χ1v) is 11.7. The summed E-state index contributed by atoms with van der Waals surface area (Å²) in [5.74, 6) is 0.448. The fourth-order valence-corrected chi connectivity index (χ4v) is 4.19. The molecule has 0 bridgehead atoms. The summed E-state index contributed by atoms with van der Waals surface area (Å²) in [6.07, 6.45) is -1.03. The molecule has 0 saturated carbocycles. The van der Waals surface area contributed by atoms with Crippen LogP contribution in [0.25, 0.3) is 0 Å². The van der Waals surface area contributed by atoms with Crippen molar-refractivity contribution in [2.45, 2.75) is 11.0 Å². The summed E-state index contributed by atoms with van der Waals surface area (Å²) in [5, 5.41) is 12.7. The van der Waals surface area contributed by atoms with Crippen LogP contribution in [-0.2, 0) is 10.0 Å². The highest BCUT2D eigenvalue weighted by Crippen LogP contribution is 2.35. The van der Waals surface area contributed by atoms with E-state index in [1.54, 1.807) is 30.3 Å². The molecule has 3 aromatic carbocycles. The SMILES string of the molecule is O=C(NCC(O)COc1ccc2c(c1)OCO2)c1ccccc1NS(=O)(=O)c1ccc(F)cc1. The number of anilines is 1. The minimum Gasteiger partial charge on any atom is -0.491 e. The highest BCUT2D eigenvalue weighted by atomic mass is 32.2.